The molecule has 2 heterocycles. The van der Waals surface area contributed by atoms with Crippen LogP contribution in [0.4, 0.5) is 5.69 Å². The van der Waals surface area contributed by atoms with Gasteiger partial charge in [0.05, 0.1) is 11.7 Å². The quantitative estimate of drug-likeness (QED) is 0.565. The van der Waals surface area contributed by atoms with Gasteiger partial charge in [0.15, 0.2) is 5.58 Å². The van der Waals surface area contributed by atoms with E-state index in [-0.39, 0.29) is 23.5 Å². The number of oxazole rings is 1. The summed E-state index contributed by atoms with van der Waals surface area (Å²) >= 11 is 1.27. The number of rotatable bonds is 7. The molecule has 3 N–H and O–H groups in total. The number of aromatic nitrogens is 1. The van der Waals surface area contributed by atoms with Crippen LogP contribution in [0.2, 0.25) is 0 Å². The summed E-state index contributed by atoms with van der Waals surface area (Å²) in [5.74, 6) is -0.170. The highest BCUT2D eigenvalue weighted by Gasteiger charge is 2.23. The lowest BCUT2D eigenvalue weighted by atomic mass is 9.97. The maximum Gasteiger partial charge on any atom is 0.257 e. The van der Waals surface area contributed by atoms with E-state index in [0.29, 0.717) is 17.4 Å². The number of likely N-dealkylation sites (tertiary alicyclic amines) is 1. The molecule has 1 aliphatic rings. The summed E-state index contributed by atoms with van der Waals surface area (Å²) in [6.45, 7) is 2.45. The van der Waals surface area contributed by atoms with E-state index in [1.54, 1.807) is 0 Å². The fourth-order valence-electron chi connectivity index (χ4n) is 3.62. The number of anilines is 1. The fraction of sp³-hybridized carbons (Fsp3) is 0.318. The Kier molecular flexibility index (Phi) is 6.35. The Morgan fingerprint density at radius 3 is 2.77 bits per heavy atom. The second-order valence-corrected chi connectivity index (χ2v) is 8.38. The van der Waals surface area contributed by atoms with Crippen LogP contribution in [-0.4, -0.2) is 40.5 Å². The number of nitrogens with one attached hydrogen (secondary N) is 1. The number of para-hydroxylation sites is 2. The van der Waals surface area contributed by atoms with Gasteiger partial charge in [0.1, 0.15) is 5.52 Å². The van der Waals surface area contributed by atoms with Gasteiger partial charge in [-0.3, -0.25) is 14.5 Å². The first-order valence-corrected chi connectivity index (χ1v) is 10.9. The molecule has 0 bridgehead atoms. The normalized spacial score (nSPS) is 17.1. The number of amides is 2. The topological polar surface area (TPSA) is 101 Å². The van der Waals surface area contributed by atoms with Crippen LogP contribution in [0.1, 0.15) is 18.4 Å². The molecule has 1 aromatic heterocycles. The van der Waals surface area contributed by atoms with Crippen molar-refractivity contribution < 1.29 is 14.0 Å². The maximum absolute atomic E-state index is 12.2. The smallest absolute Gasteiger partial charge is 0.257 e. The first kappa shape index (κ1) is 20.4. The molecule has 1 unspecified atom stereocenters. The molecule has 4 rings (SSSR count). The summed E-state index contributed by atoms with van der Waals surface area (Å²) in [4.78, 5) is 30.3. The zero-order chi connectivity index (χ0) is 20.9. The van der Waals surface area contributed by atoms with Crippen LogP contribution in [0.5, 0.6) is 0 Å². The van der Waals surface area contributed by atoms with Crippen molar-refractivity contribution in [2.45, 2.75) is 24.6 Å². The molecule has 0 radical (unpaired) electrons. The minimum absolute atomic E-state index is 0.0592. The number of benzene rings is 2. The summed E-state index contributed by atoms with van der Waals surface area (Å²) in [6, 6.07) is 15.3. The number of nitrogens with zero attached hydrogens (tertiary/aromatic N) is 2. The van der Waals surface area contributed by atoms with Gasteiger partial charge in [-0.2, -0.15) is 0 Å². The highest BCUT2D eigenvalue weighted by atomic mass is 32.2. The Morgan fingerprint density at radius 1 is 1.20 bits per heavy atom. The first-order chi connectivity index (χ1) is 14.6. The van der Waals surface area contributed by atoms with E-state index in [4.69, 9.17) is 10.2 Å². The van der Waals surface area contributed by atoms with Crippen LogP contribution in [0.25, 0.3) is 11.1 Å². The lowest BCUT2D eigenvalue weighted by molar-refractivity contribution is -0.123. The van der Waals surface area contributed by atoms with E-state index in [1.807, 2.05) is 48.5 Å². The highest BCUT2D eigenvalue weighted by Crippen LogP contribution is 2.23. The van der Waals surface area contributed by atoms with Gasteiger partial charge in [-0.25, -0.2) is 4.98 Å². The molecule has 1 fully saturated rings. The minimum atomic E-state index is -0.214. The van der Waals surface area contributed by atoms with Crippen LogP contribution in [0.15, 0.2) is 58.2 Å². The van der Waals surface area contributed by atoms with E-state index in [2.05, 4.69) is 15.2 Å². The van der Waals surface area contributed by atoms with Crippen LogP contribution in [0.3, 0.4) is 0 Å². The van der Waals surface area contributed by atoms with Gasteiger partial charge in [0, 0.05) is 18.8 Å². The van der Waals surface area contributed by atoms with Gasteiger partial charge in [0.25, 0.3) is 5.22 Å². The maximum atomic E-state index is 12.2. The van der Waals surface area contributed by atoms with Crippen molar-refractivity contribution in [1.29, 1.82) is 0 Å². The third kappa shape index (κ3) is 5.20. The van der Waals surface area contributed by atoms with Crippen LogP contribution in [0, 0.1) is 5.92 Å². The highest BCUT2D eigenvalue weighted by molar-refractivity contribution is 7.99. The van der Waals surface area contributed by atoms with Gasteiger partial charge < -0.3 is 15.5 Å². The molecule has 2 aromatic carbocycles. The van der Waals surface area contributed by atoms with Crippen LogP contribution < -0.4 is 11.1 Å². The summed E-state index contributed by atoms with van der Waals surface area (Å²) in [7, 11) is 0. The van der Waals surface area contributed by atoms with Crippen molar-refractivity contribution in [2.75, 3.05) is 24.2 Å². The van der Waals surface area contributed by atoms with E-state index >= 15 is 0 Å². The summed E-state index contributed by atoms with van der Waals surface area (Å²) < 4.78 is 5.62. The van der Waals surface area contributed by atoms with E-state index in [1.165, 1.54) is 11.8 Å². The Labute approximate surface area is 179 Å². The third-order valence-electron chi connectivity index (χ3n) is 5.15. The Hall–Kier alpha value is -2.84. The van der Waals surface area contributed by atoms with Gasteiger partial charge in [0.2, 0.25) is 11.8 Å². The van der Waals surface area contributed by atoms with Crippen molar-refractivity contribution in [3.63, 3.8) is 0 Å². The molecule has 1 atom stereocenters. The summed E-state index contributed by atoms with van der Waals surface area (Å²) in [5, 5.41) is 3.38. The van der Waals surface area contributed by atoms with Gasteiger partial charge in [-0.05, 0) is 49.2 Å². The van der Waals surface area contributed by atoms with Gasteiger partial charge in [-0.15, -0.1) is 0 Å². The van der Waals surface area contributed by atoms with E-state index in [0.717, 1.165) is 42.7 Å². The van der Waals surface area contributed by atoms with Crippen LogP contribution in [-0.2, 0) is 16.1 Å². The number of primary amides is 1. The van der Waals surface area contributed by atoms with Crippen LogP contribution >= 0.6 is 11.8 Å². The largest absolute Gasteiger partial charge is 0.431 e. The average Bonchev–Trinajstić information content (AvgIpc) is 3.17. The predicted molar refractivity (Wildman–Crippen MR) is 117 cm³/mol. The summed E-state index contributed by atoms with van der Waals surface area (Å²) in [5.41, 5.74) is 8.84. The number of carbonyl (C=O) groups is 2. The Morgan fingerprint density at radius 2 is 2.00 bits per heavy atom. The molecule has 0 saturated carbocycles. The number of hydrogen-bond donors (Lipinski definition) is 2. The standard InChI is InChI=1S/C22H24N4O3S/c23-21(28)16-4-3-11-26(13-16)12-15-7-9-17(10-8-15)24-20(27)14-30-22-25-18-5-1-2-6-19(18)29-22/h1-2,5-10,16H,3-4,11-14H2,(H2,23,28)(H,24,27). The number of thioether (sulfide) groups is 1. The third-order valence-corrected chi connectivity index (χ3v) is 5.98. The molecule has 3 aromatic rings. The molecule has 0 aliphatic carbocycles. The Bertz CT molecular complexity index is 1000. The fourth-order valence-corrected chi connectivity index (χ4v) is 4.26. The second-order valence-electron chi connectivity index (χ2n) is 7.46. The lowest BCUT2D eigenvalue weighted by Crippen LogP contribution is -2.40. The second kappa shape index (κ2) is 9.32. The number of hydrogen-bond acceptors (Lipinski definition) is 6. The molecule has 8 heteroatoms. The zero-order valence-electron chi connectivity index (χ0n) is 16.5. The van der Waals surface area contributed by atoms with Crippen molar-refractivity contribution in [2.24, 2.45) is 11.7 Å². The molecule has 7 nitrogen and oxygen atoms in total. The number of fused-ring (bicyclic) bond motifs is 1. The minimum Gasteiger partial charge on any atom is -0.431 e. The molecular formula is C22H24N4O3S. The molecule has 30 heavy (non-hydrogen) atoms. The molecule has 156 valence electrons. The SMILES string of the molecule is NC(=O)C1CCCN(Cc2ccc(NC(=O)CSc3nc4ccccc4o3)cc2)C1. The van der Waals surface area contributed by atoms with Gasteiger partial charge >= 0.3 is 0 Å². The number of piperidine rings is 1. The van der Waals surface area contributed by atoms with E-state index in [9.17, 15) is 9.59 Å². The zero-order valence-corrected chi connectivity index (χ0v) is 17.4. The molecule has 1 saturated heterocycles. The molecule has 2 amide bonds. The number of nitrogens with two attached hydrogens (primary N) is 1. The lowest BCUT2D eigenvalue weighted by Gasteiger charge is -2.31. The molecular weight excluding hydrogens is 400 g/mol. The molecule has 0 spiro atoms. The van der Waals surface area contributed by atoms with E-state index < -0.39 is 0 Å². The van der Waals surface area contributed by atoms with Crippen molar-refractivity contribution in [3.05, 3.63) is 54.1 Å². The summed E-state index contributed by atoms with van der Waals surface area (Å²) in [6.07, 6.45) is 1.86. The first-order valence-electron chi connectivity index (χ1n) is 9.95. The monoisotopic (exact) mass is 424 g/mol. The van der Waals surface area contributed by atoms with Gasteiger partial charge in [-0.1, -0.05) is 36.0 Å². The number of carbonyl (C=O) groups excluding carboxylic acids is 2. The van der Waals surface area contributed by atoms with Crippen molar-refractivity contribution in [3.8, 4) is 0 Å². The molecule has 1 aliphatic heterocycles. The Balaban J connectivity index is 1.26. The predicted octanol–water partition coefficient (Wildman–Crippen LogP) is 3.26. The van der Waals surface area contributed by atoms with Crippen molar-refractivity contribution >= 4 is 40.4 Å². The average molecular weight is 425 g/mol. The van der Waals surface area contributed by atoms with Crippen molar-refractivity contribution in [1.82, 2.24) is 9.88 Å².